The van der Waals surface area contributed by atoms with Gasteiger partial charge in [0, 0.05) is 6.08 Å². The number of alkyl carbamates (subject to hydrolysis) is 1. The average Bonchev–Trinajstić information content (AvgIpc) is 2.57. The molecule has 2 atom stereocenters. The number of carbonyl (C=O) groups is 2. The van der Waals surface area contributed by atoms with E-state index in [1.807, 2.05) is 30.3 Å². The van der Waals surface area contributed by atoms with Crippen LogP contribution in [0.1, 0.15) is 53.1 Å². The number of amides is 2. The molecule has 2 amide bonds. The molecule has 0 aliphatic carbocycles. The van der Waals surface area contributed by atoms with E-state index in [1.165, 1.54) is 0 Å². The summed E-state index contributed by atoms with van der Waals surface area (Å²) in [4.78, 5) is 23.9. The van der Waals surface area contributed by atoms with Crippen molar-refractivity contribution in [3.8, 4) is 0 Å². The molecule has 28 heavy (non-hydrogen) atoms. The fraction of sp³-hybridized carbons (Fsp3) is 0.524. The van der Waals surface area contributed by atoms with Crippen molar-refractivity contribution in [2.24, 2.45) is 5.92 Å². The van der Waals surface area contributed by atoms with E-state index >= 15 is 0 Å². The lowest BCUT2D eigenvalue weighted by molar-refractivity contribution is -0.117. The smallest absolute Gasteiger partial charge is 0.408 e. The van der Waals surface area contributed by atoms with Crippen LogP contribution in [0.5, 0.6) is 0 Å². The summed E-state index contributed by atoms with van der Waals surface area (Å²) in [5.41, 5.74) is 0.0622. The molecule has 0 saturated carbocycles. The van der Waals surface area contributed by atoms with Gasteiger partial charge >= 0.3 is 6.09 Å². The van der Waals surface area contributed by atoms with Crippen LogP contribution >= 0.6 is 0 Å². The molecule has 1 aromatic rings. The van der Waals surface area contributed by atoms with Crippen molar-refractivity contribution in [3.63, 3.8) is 0 Å². The number of hydrogen-bond acceptors (Lipinski definition) is 3. The van der Waals surface area contributed by atoms with Gasteiger partial charge in [0.05, 0.1) is 6.04 Å². The Morgan fingerprint density at radius 3 is 2.11 bits per heavy atom. The van der Waals surface area contributed by atoms with E-state index in [2.05, 4.69) is 10.6 Å². The van der Waals surface area contributed by atoms with Crippen LogP contribution in [0.4, 0.5) is 13.6 Å². The number of alkyl halides is 2. The van der Waals surface area contributed by atoms with Crippen molar-refractivity contribution < 1.29 is 23.1 Å². The average molecular weight is 396 g/mol. The predicted octanol–water partition coefficient (Wildman–Crippen LogP) is 4.60. The van der Waals surface area contributed by atoms with E-state index in [9.17, 15) is 18.4 Å². The first-order valence-electron chi connectivity index (χ1n) is 9.24. The Balaban J connectivity index is 2.78. The maximum absolute atomic E-state index is 14.6. The van der Waals surface area contributed by atoms with Gasteiger partial charge in [-0.1, -0.05) is 44.2 Å². The molecule has 0 aromatic heterocycles. The van der Waals surface area contributed by atoms with Crippen LogP contribution in [0, 0.1) is 5.92 Å². The summed E-state index contributed by atoms with van der Waals surface area (Å²) in [6, 6.07) is 7.34. The van der Waals surface area contributed by atoms with Gasteiger partial charge in [-0.25, -0.2) is 4.79 Å². The maximum atomic E-state index is 14.6. The molecule has 1 rings (SSSR count). The third kappa shape index (κ3) is 8.06. The van der Waals surface area contributed by atoms with Crippen LogP contribution in [0.25, 0.3) is 0 Å². The molecule has 7 heteroatoms. The van der Waals surface area contributed by atoms with Gasteiger partial charge in [0.15, 0.2) is 0 Å². The molecule has 156 valence electrons. The van der Waals surface area contributed by atoms with Gasteiger partial charge in [0.25, 0.3) is 5.92 Å². The van der Waals surface area contributed by atoms with Gasteiger partial charge in [-0.3, -0.25) is 4.79 Å². The van der Waals surface area contributed by atoms with Crippen molar-refractivity contribution in [1.82, 2.24) is 10.6 Å². The Hall–Kier alpha value is -2.44. The van der Waals surface area contributed by atoms with Gasteiger partial charge in [-0.2, -0.15) is 8.78 Å². The second-order valence-electron chi connectivity index (χ2n) is 8.02. The second-order valence-corrected chi connectivity index (χ2v) is 8.02. The predicted molar refractivity (Wildman–Crippen MR) is 105 cm³/mol. The molecule has 1 aromatic carbocycles. The van der Waals surface area contributed by atoms with Crippen molar-refractivity contribution in [1.29, 1.82) is 0 Å². The SMILES string of the molecule is CC(C)[C@H](NC(=O)OC(C)(C)C)C(F)(F)/C=C/C(=O)N[C@H](C)c1ccccc1. The lowest BCUT2D eigenvalue weighted by Gasteiger charge is -2.30. The summed E-state index contributed by atoms with van der Waals surface area (Å²) >= 11 is 0. The Labute approximate surface area is 165 Å². The van der Waals surface area contributed by atoms with E-state index in [1.54, 1.807) is 41.5 Å². The number of rotatable bonds is 7. The zero-order chi connectivity index (χ0) is 21.5. The van der Waals surface area contributed by atoms with Crippen LogP contribution in [-0.4, -0.2) is 29.6 Å². The molecular weight excluding hydrogens is 366 g/mol. The molecule has 0 aliphatic rings. The topological polar surface area (TPSA) is 67.4 Å². The van der Waals surface area contributed by atoms with Crippen LogP contribution in [0.2, 0.25) is 0 Å². The lowest BCUT2D eigenvalue weighted by Crippen LogP contribution is -2.51. The summed E-state index contributed by atoms with van der Waals surface area (Å²) in [5, 5.41) is 4.85. The van der Waals surface area contributed by atoms with Gasteiger partial charge in [0.1, 0.15) is 11.6 Å². The van der Waals surface area contributed by atoms with E-state index in [-0.39, 0.29) is 6.04 Å². The molecule has 0 bridgehead atoms. The normalized spacial score (nSPS) is 14.6. The number of nitrogens with one attached hydrogen (secondary N) is 2. The largest absolute Gasteiger partial charge is 0.444 e. The molecule has 0 aliphatic heterocycles. The number of hydrogen-bond donors (Lipinski definition) is 2. The highest BCUT2D eigenvalue weighted by Crippen LogP contribution is 2.26. The molecule has 0 saturated heterocycles. The van der Waals surface area contributed by atoms with Crippen molar-refractivity contribution >= 4 is 12.0 Å². The minimum atomic E-state index is -3.43. The number of halogens is 2. The zero-order valence-electron chi connectivity index (χ0n) is 17.3. The lowest BCUT2D eigenvalue weighted by atomic mass is 9.97. The van der Waals surface area contributed by atoms with Gasteiger partial charge in [-0.15, -0.1) is 0 Å². The van der Waals surface area contributed by atoms with E-state index < -0.39 is 35.5 Å². The van der Waals surface area contributed by atoms with Gasteiger partial charge < -0.3 is 15.4 Å². The van der Waals surface area contributed by atoms with Crippen molar-refractivity contribution in [2.75, 3.05) is 0 Å². The molecule has 0 radical (unpaired) electrons. The minimum Gasteiger partial charge on any atom is -0.444 e. The van der Waals surface area contributed by atoms with Crippen LogP contribution in [0.3, 0.4) is 0 Å². The Morgan fingerprint density at radius 2 is 1.61 bits per heavy atom. The third-order valence-electron chi connectivity index (χ3n) is 3.87. The molecule has 0 fully saturated rings. The Bertz CT molecular complexity index is 683. The molecular formula is C21H30F2N2O3. The number of carbonyl (C=O) groups excluding carboxylic acids is 2. The third-order valence-corrected chi connectivity index (χ3v) is 3.87. The minimum absolute atomic E-state index is 0.326. The van der Waals surface area contributed by atoms with Crippen molar-refractivity contribution in [3.05, 3.63) is 48.0 Å². The van der Waals surface area contributed by atoms with E-state index in [0.29, 0.717) is 6.08 Å². The second kappa shape index (κ2) is 9.66. The fourth-order valence-electron chi connectivity index (χ4n) is 2.52. The quantitative estimate of drug-likeness (QED) is 0.662. The first-order valence-corrected chi connectivity index (χ1v) is 9.24. The van der Waals surface area contributed by atoms with Crippen molar-refractivity contribution in [2.45, 2.75) is 65.1 Å². The zero-order valence-corrected chi connectivity index (χ0v) is 17.3. The summed E-state index contributed by atoms with van der Waals surface area (Å²) in [7, 11) is 0. The highest BCUT2D eigenvalue weighted by Gasteiger charge is 2.41. The van der Waals surface area contributed by atoms with Crippen LogP contribution in [-0.2, 0) is 9.53 Å². The number of ether oxygens (including phenoxy) is 1. The summed E-state index contributed by atoms with van der Waals surface area (Å²) < 4.78 is 34.3. The Kier molecular flexibility index (Phi) is 8.14. The molecule has 0 unspecified atom stereocenters. The summed E-state index contributed by atoms with van der Waals surface area (Å²) in [5.74, 6) is -4.66. The first kappa shape index (κ1) is 23.6. The molecule has 0 heterocycles. The fourth-order valence-corrected chi connectivity index (χ4v) is 2.52. The highest BCUT2D eigenvalue weighted by molar-refractivity contribution is 5.88. The molecule has 0 spiro atoms. The van der Waals surface area contributed by atoms with E-state index in [4.69, 9.17) is 4.74 Å². The summed E-state index contributed by atoms with van der Waals surface area (Å²) in [6.45, 7) is 9.82. The molecule has 2 N–H and O–H groups in total. The highest BCUT2D eigenvalue weighted by atomic mass is 19.3. The van der Waals surface area contributed by atoms with Crippen LogP contribution in [0.15, 0.2) is 42.5 Å². The van der Waals surface area contributed by atoms with Crippen LogP contribution < -0.4 is 10.6 Å². The van der Waals surface area contributed by atoms with Gasteiger partial charge in [-0.05, 0) is 45.3 Å². The Morgan fingerprint density at radius 1 is 1.04 bits per heavy atom. The molecule has 5 nitrogen and oxygen atoms in total. The standard InChI is InChI=1S/C21H30F2N2O3/c1-14(2)18(25-19(27)28-20(4,5)6)21(22,23)13-12-17(26)24-15(3)16-10-8-7-9-11-16/h7-15,18H,1-6H3,(H,24,26)(H,25,27)/b13-12+/t15-,18+/m1/s1. The van der Waals surface area contributed by atoms with E-state index in [0.717, 1.165) is 11.6 Å². The summed E-state index contributed by atoms with van der Waals surface area (Å²) in [6.07, 6.45) is 0.384. The maximum Gasteiger partial charge on any atom is 0.408 e. The first-order chi connectivity index (χ1) is 12.8. The number of benzene rings is 1. The van der Waals surface area contributed by atoms with Gasteiger partial charge in [0.2, 0.25) is 5.91 Å². The monoisotopic (exact) mass is 396 g/mol.